The number of ether oxygens (including phenoxy) is 2. The van der Waals surface area contributed by atoms with Gasteiger partial charge in [-0.05, 0) is 74.7 Å². The van der Waals surface area contributed by atoms with Crippen LogP contribution in [0, 0.1) is 13.8 Å². The van der Waals surface area contributed by atoms with Crippen LogP contribution in [-0.2, 0) is 0 Å². The zero-order valence-corrected chi connectivity index (χ0v) is 14.4. The van der Waals surface area contributed by atoms with Crippen molar-refractivity contribution in [3.63, 3.8) is 0 Å². The zero-order valence-electron chi connectivity index (χ0n) is 14.4. The van der Waals surface area contributed by atoms with Crippen molar-refractivity contribution in [2.24, 2.45) is 5.10 Å². The molecule has 0 saturated carbocycles. The number of methoxy groups -OCH3 is 1. The van der Waals surface area contributed by atoms with E-state index in [4.69, 9.17) is 9.47 Å². The largest absolute Gasteiger partial charge is 0.493 e. The van der Waals surface area contributed by atoms with Gasteiger partial charge in [0.25, 0.3) is 0 Å². The van der Waals surface area contributed by atoms with Crippen LogP contribution in [0.3, 0.4) is 0 Å². The van der Waals surface area contributed by atoms with Crippen molar-refractivity contribution < 1.29 is 9.47 Å². The van der Waals surface area contributed by atoms with E-state index in [0.29, 0.717) is 0 Å². The summed E-state index contributed by atoms with van der Waals surface area (Å²) in [5.41, 5.74) is 7.47. The lowest BCUT2D eigenvalue weighted by molar-refractivity contribution is 0.230. The number of hydrazone groups is 1. The van der Waals surface area contributed by atoms with Crippen LogP contribution in [0.5, 0.6) is 11.5 Å². The molecule has 0 heterocycles. The molecule has 0 saturated heterocycles. The van der Waals surface area contributed by atoms with Crippen molar-refractivity contribution in [3.05, 3.63) is 53.1 Å². The van der Waals surface area contributed by atoms with Gasteiger partial charge in [0.15, 0.2) is 11.5 Å². The van der Waals surface area contributed by atoms with Crippen molar-refractivity contribution in [3.8, 4) is 11.5 Å². The van der Waals surface area contributed by atoms with Crippen LogP contribution >= 0.6 is 0 Å². The maximum atomic E-state index is 5.76. The Morgan fingerprint density at radius 1 is 1.00 bits per heavy atom. The highest BCUT2D eigenvalue weighted by atomic mass is 16.5. The summed E-state index contributed by atoms with van der Waals surface area (Å²) in [4.78, 5) is 0. The van der Waals surface area contributed by atoms with Gasteiger partial charge in [0.1, 0.15) is 0 Å². The molecule has 2 aromatic carbocycles. The first-order valence-electron chi connectivity index (χ1n) is 7.70. The molecule has 0 aliphatic carbocycles. The summed E-state index contributed by atoms with van der Waals surface area (Å²) in [6.07, 6.45) is 1.85. The molecule has 2 rings (SSSR count). The van der Waals surface area contributed by atoms with Crippen LogP contribution in [-0.4, -0.2) is 19.4 Å². The van der Waals surface area contributed by atoms with Gasteiger partial charge in [0.2, 0.25) is 0 Å². The molecule has 0 aliphatic heterocycles. The minimum Gasteiger partial charge on any atom is -0.493 e. The summed E-state index contributed by atoms with van der Waals surface area (Å²) in [5.74, 6) is 1.44. The van der Waals surface area contributed by atoms with Gasteiger partial charge < -0.3 is 9.47 Å². The summed E-state index contributed by atoms with van der Waals surface area (Å²) in [6.45, 7) is 8.15. The van der Waals surface area contributed by atoms with Crippen molar-refractivity contribution in [2.45, 2.75) is 33.8 Å². The second kappa shape index (κ2) is 7.68. The lowest BCUT2D eigenvalue weighted by Crippen LogP contribution is -2.07. The minimum atomic E-state index is 0.0877. The predicted octanol–water partition coefficient (Wildman–Crippen LogP) is 4.55. The Balaban J connectivity index is 2.11. The van der Waals surface area contributed by atoms with E-state index in [2.05, 4.69) is 36.5 Å². The Bertz CT molecular complexity index is 694. The molecule has 0 radical (unpaired) electrons. The molecule has 0 amide bonds. The number of nitrogens with zero attached hydrogens (tertiary/aromatic N) is 1. The molecule has 23 heavy (non-hydrogen) atoms. The van der Waals surface area contributed by atoms with Gasteiger partial charge in [-0.3, -0.25) is 5.43 Å². The first-order chi connectivity index (χ1) is 11.0. The molecule has 0 aromatic heterocycles. The Kier molecular flexibility index (Phi) is 5.63. The van der Waals surface area contributed by atoms with Gasteiger partial charge in [-0.25, -0.2) is 0 Å². The molecule has 0 spiro atoms. The number of hydrogen-bond donors (Lipinski definition) is 1. The Labute approximate surface area is 138 Å². The number of anilines is 1. The number of rotatable bonds is 6. The molecule has 1 N–H and O–H groups in total. The summed E-state index contributed by atoms with van der Waals surface area (Å²) < 4.78 is 11.1. The molecule has 2 aromatic rings. The quantitative estimate of drug-likeness (QED) is 0.629. The van der Waals surface area contributed by atoms with E-state index in [1.165, 1.54) is 11.1 Å². The van der Waals surface area contributed by atoms with E-state index in [0.717, 1.165) is 22.7 Å². The fourth-order valence-electron chi connectivity index (χ4n) is 2.11. The lowest BCUT2D eigenvalue weighted by atomic mass is 10.1. The third-order valence-electron chi connectivity index (χ3n) is 3.46. The Morgan fingerprint density at radius 3 is 2.43 bits per heavy atom. The highest BCUT2D eigenvalue weighted by molar-refractivity contribution is 5.81. The number of hydrogen-bond acceptors (Lipinski definition) is 4. The van der Waals surface area contributed by atoms with Crippen LogP contribution in [0.15, 0.2) is 41.5 Å². The van der Waals surface area contributed by atoms with E-state index < -0.39 is 0 Å². The van der Waals surface area contributed by atoms with Crippen molar-refractivity contribution in [2.75, 3.05) is 12.5 Å². The number of nitrogens with one attached hydrogen (secondary N) is 1. The van der Waals surface area contributed by atoms with Crippen LogP contribution in [0.25, 0.3) is 0 Å². The molecule has 4 heteroatoms. The van der Waals surface area contributed by atoms with Gasteiger partial charge in [-0.1, -0.05) is 6.07 Å². The maximum absolute atomic E-state index is 5.76. The summed E-state index contributed by atoms with van der Waals surface area (Å²) >= 11 is 0. The van der Waals surface area contributed by atoms with Gasteiger partial charge in [-0.15, -0.1) is 0 Å². The average Bonchev–Trinajstić information content (AvgIpc) is 2.50. The third-order valence-corrected chi connectivity index (χ3v) is 3.46. The van der Waals surface area contributed by atoms with Crippen molar-refractivity contribution >= 4 is 11.9 Å². The first-order valence-corrected chi connectivity index (χ1v) is 7.70. The van der Waals surface area contributed by atoms with Crippen LogP contribution in [0.1, 0.15) is 30.5 Å². The minimum absolute atomic E-state index is 0.0877. The summed E-state index contributed by atoms with van der Waals surface area (Å²) in [6, 6.07) is 11.9. The molecular weight excluding hydrogens is 288 g/mol. The van der Waals surface area contributed by atoms with Gasteiger partial charge in [0, 0.05) is 0 Å². The van der Waals surface area contributed by atoms with Crippen LogP contribution in [0.4, 0.5) is 5.69 Å². The van der Waals surface area contributed by atoms with E-state index >= 15 is 0 Å². The molecular formula is C19H24N2O2. The average molecular weight is 312 g/mol. The van der Waals surface area contributed by atoms with Gasteiger partial charge >= 0.3 is 0 Å². The topological polar surface area (TPSA) is 42.8 Å². The molecule has 0 fully saturated rings. The smallest absolute Gasteiger partial charge is 0.162 e. The highest BCUT2D eigenvalue weighted by Crippen LogP contribution is 2.28. The van der Waals surface area contributed by atoms with Crippen molar-refractivity contribution in [1.29, 1.82) is 0 Å². The van der Waals surface area contributed by atoms with E-state index in [1.807, 2.05) is 38.1 Å². The third kappa shape index (κ3) is 4.74. The SMILES string of the molecule is COc1ccc(/C=N/Nc2ccc(C)c(C)c2)cc1OC(C)C. The number of aryl methyl sites for hydroxylation is 2. The fraction of sp³-hybridized carbons (Fsp3) is 0.316. The van der Waals surface area contributed by atoms with E-state index in [9.17, 15) is 0 Å². The van der Waals surface area contributed by atoms with Crippen molar-refractivity contribution in [1.82, 2.24) is 0 Å². The Morgan fingerprint density at radius 2 is 1.78 bits per heavy atom. The molecule has 0 bridgehead atoms. The molecule has 0 aliphatic rings. The first kappa shape index (κ1) is 16.9. The second-order valence-electron chi connectivity index (χ2n) is 5.75. The second-order valence-corrected chi connectivity index (χ2v) is 5.75. The van der Waals surface area contributed by atoms with Gasteiger partial charge in [0.05, 0.1) is 25.1 Å². The fourth-order valence-corrected chi connectivity index (χ4v) is 2.11. The standard InChI is InChI=1S/C19H24N2O2/c1-13(2)23-19-11-16(7-9-18(19)22-5)12-20-21-17-8-6-14(3)15(4)10-17/h6-13,21H,1-5H3/b20-12+. The molecule has 122 valence electrons. The normalized spacial score (nSPS) is 11.0. The van der Waals surface area contributed by atoms with E-state index in [1.54, 1.807) is 13.3 Å². The summed E-state index contributed by atoms with van der Waals surface area (Å²) in [7, 11) is 1.64. The highest BCUT2D eigenvalue weighted by Gasteiger charge is 2.06. The monoisotopic (exact) mass is 312 g/mol. The van der Waals surface area contributed by atoms with Crippen LogP contribution < -0.4 is 14.9 Å². The van der Waals surface area contributed by atoms with Gasteiger partial charge in [-0.2, -0.15) is 5.10 Å². The maximum Gasteiger partial charge on any atom is 0.162 e. The zero-order chi connectivity index (χ0) is 16.8. The van der Waals surface area contributed by atoms with E-state index in [-0.39, 0.29) is 6.10 Å². The Hall–Kier alpha value is -2.49. The predicted molar refractivity (Wildman–Crippen MR) is 95.9 cm³/mol. The van der Waals surface area contributed by atoms with Crippen LogP contribution in [0.2, 0.25) is 0 Å². The molecule has 4 nitrogen and oxygen atoms in total. The molecule has 0 atom stereocenters. The molecule has 0 unspecified atom stereocenters. The summed E-state index contributed by atoms with van der Waals surface area (Å²) in [5, 5.41) is 4.29. The number of benzene rings is 2. The lowest BCUT2D eigenvalue weighted by Gasteiger charge is -2.13.